The van der Waals surface area contributed by atoms with E-state index >= 15 is 0 Å². The minimum absolute atomic E-state index is 0.140. The molecule has 21 heavy (non-hydrogen) atoms. The van der Waals surface area contributed by atoms with Crippen LogP contribution in [-0.2, 0) is 15.8 Å². The van der Waals surface area contributed by atoms with Crippen LogP contribution in [0.1, 0.15) is 5.56 Å². The average molecular weight is 362 g/mol. The Morgan fingerprint density at radius 1 is 1.33 bits per heavy atom. The highest BCUT2D eigenvalue weighted by Crippen LogP contribution is 2.26. The van der Waals surface area contributed by atoms with Crippen LogP contribution in [0.5, 0.6) is 0 Å². The Kier molecular flexibility index (Phi) is 5.63. The van der Waals surface area contributed by atoms with E-state index in [1.165, 1.54) is 23.1 Å². The van der Waals surface area contributed by atoms with Crippen molar-refractivity contribution in [1.29, 1.82) is 0 Å². The smallest absolute Gasteiger partial charge is 0.238 e. The number of anilines is 1. The summed E-state index contributed by atoms with van der Waals surface area (Å²) in [5, 5.41) is 8.53. The second-order valence-electron chi connectivity index (χ2n) is 3.96. The number of thioether (sulfide) groups is 1. The zero-order chi connectivity index (χ0) is 15.3. The SMILES string of the molecule is C=CCSc1nnc(NS(=O)(=O)Cc2ccc(Cl)cc2)s1. The maximum atomic E-state index is 12.0. The van der Waals surface area contributed by atoms with Gasteiger partial charge in [0.05, 0.1) is 5.75 Å². The van der Waals surface area contributed by atoms with Gasteiger partial charge in [-0.15, -0.1) is 16.8 Å². The first-order chi connectivity index (χ1) is 9.98. The van der Waals surface area contributed by atoms with Crippen LogP contribution in [0.25, 0.3) is 0 Å². The van der Waals surface area contributed by atoms with Crippen LogP contribution < -0.4 is 4.72 Å². The summed E-state index contributed by atoms with van der Waals surface area (Å²) in [7, 11) is -3.52. The van der Waals surface area contributed by atoms with Crippen molar-refractivity contribution in [2.45, 2.75) is 10.1 Å². The number of nitrogens with zero attached hydrogens (tertiary/aromatic N) is 2. The molecule has 2 aromatic rings. The second-order valence-corrected chi connectivity index (χ2v) is 8.36. The zero-order valence-electron chi connectivity index (χ0n) is 10.8. The molecule has 1 heterocycles. The molecule has 0 aliphatic carbocycles. The third-order valence-electron chi connectivity index (χ3n) is 2.24. The molecule has 9 heteroatoms. The molecule has 1 aromatic heterocycles. The van der Waals surface area contributed by atoms with E-state index in [9.17, 15) is 8.42 Å². The lowest BCUT2D eigenvalue weighted by atomic mass is 10.2. The summed E-state index contributed by atoms with van der Waals surface area (Å²) in [6.45, 7) is 3.61. The molecule has 1 N–H and O–H groups in total. The second kappa shape index (κ2) is 7.26. The molecule has 0 saturated heterocycles. The predicted octanol–water partition coefficient (Wildman–Crippen LogP) is 3.41. The Morgan fingerprint density at radius 2 is 2.05 bits per heavy atom. The van der Waals surface area contributed by atoms with Crippen molar-refractivity contribution in [3.63, 3.8) is 0 Å². The summed E-state index contributed by atoms with van der Waals surface area (Å²) in [4.78, 5) is 0. The quantitative estimate of drug-likeness (QED) is 0.604. The number of sulfonamides is 1. The van der Waals surface area contributed by atoms with E-state index in [-0.39, 0.29) is 10.9 Å². The topological polar surface area (TPSA) is 72.0 Å². The minimum Gasteiger partial charge on any atom is -0.257 e. The molecule has 1 aromatic carbocycles. The van der Waals surface area contributed by atoms with Crippen molar-refractivity contribution in [3.05, 3.63) is 47.5 Å². The fourth-order valence-electron chi connectivity index (χ4n) is 1.41. The highest BCUT2D eigenvalue weighted by Gasteiger charge is 2.15. The van der Waals surface area contributed by atoms with E-state index in [4.69, 9.17) is 11.6 Å². The van der Waals surface area contributed by atoms with E-state index in [0.717, 1.165) is 0 Å². The Hall–Kier alpha value is -1.09. The molecule has 0 fully saturated rings. The van der Waals surface area contributed by atoms with Gasteiger partial charge in [-0.25, -0.2) is 8.42 Å². The molecule has 0 bridgehead atoms. The maximum absolute atomic E-state index is 12.0. The van der Waals surface area contributed by atoms with E-state index in [1.807, 2.05) is 0 Å². The Labute approximate surface area is 136 Å². The van der Waals surface area contributed by atoms with Crippen LogP contribution in [0.4, 0.5) is 5.13 Å². The molecule has 0 saturated carbocycles. The van der Waals surface area contributed by atoms with Gasteiger partial charge in [-0.05, 0) is 17.7 Å². The summed E-state index contributed by atoms with van der Waals surface area (Å²) in [5.41, 5.74) is 0.651. The highest BCUT2D eigenvalue weighted by molar-refractivity contribution is 8.01. The van der Waals surface area contributed by atoms with Crippen molar-refractivity contribution in [2.24, 2.45) is 0 Å². The first kappa shape index (κ1) is 16.3. The molecule has 5 nitrogen and oxygen atoms in total. The summed E-state index contributed by atoms with van der Waals surface area (Å²) in [6.07, 6.45) is 1.75. The molecular formula is C12H12ClN3O2S3. The number of hydrogen-bond donors (Lipinski definition) is 1. The van der Waals surface area contributed by atoms with Crippen molar-refractivity contribution < 1.29 is 8.42 Å². The van der Waals surface area contributed by atoms with Crippen LogP contribution in [0, 0.1) is 0 Å². The zero-order valence-corrected chi connectivity index (χ0v) is 14.0. The number of aromatic nitrogens is 2. The van der Waals surface area contributed by atoms with Crippen LogP contribution in [0.2, 0.25) is 5.02 Å². The van der Waals surface area contributed by atoms with Gasteiger partial charge in [-0.1, -0.05) is 52.9 Å². The van der Waals surface area contributed by atoms with E-state index in [2.05, 4.69) is 21.5 Å². The summed E-state index contributed by atoms with van der Waals surface area (Å²) < 4.78 is 27.2. The molecule has 0 aliphatic heterocycles. The lowest BCUT2D eigenvalue weighted by Gasteiger charge is -2.04. The van der Waals surface area contributed by atoms with E-state index < -0.39 is 10.0 Å². The first-order valence-corrected chi connectivity index (χ1v) is 9.64. The fourth-order valence-corrected chi connectivity index (χ4v) is 4.46. The van der Waals surface area contributed by atoms with Gasteiger partial charge in [0, 0.05) is 10.8 Å². The van der Waals surface area contributed by atoms with Gasteiger partial charge in [0.1, 0.15) is 0 Å². The van der Waals surface area contributed by atoms with Gasteiger partial charge in [0.25, 0.3) is 0 Å². The monoisotopic (exact) mass is 361 g/mol. The maximum Gasteiger partial charge on any atom is 0.238 e. The number of nitrogens with one attached hydrogen (secondary N) is 1. The average Bonchev–Trinajstić information content (AvgIpc) is 2.85. The third kappa shape index (κ3) is 5.31. The van der Waals surface area contributed by atoms with Crippen molar-refractivity contribution >= 4 is 49.9 Å². The minimum atomic E-state index is -3.52. The molecule has 0 atom stereocenters. The van der Waals surface area contributed by atoms with Crippen LogP contribution in [0.15, 0.2) is 41.3 Å². The van der Waals surface area contributed by atoms with Gasteiger partial charge in [0.2, 0.25) is 15.2 Å². The molecule has 0 spiro atoms. The predicted molar refractivity (Wildman–Crippen MR) is 88.5 cm³/mol. The number of halogens is 1. The van der Waals surface area contributed by atoms with Crippen LogP contribution in [-0.4, -0.2) is 24.4 Å². The molecule has 0 aliphatic rings. The third-order valence-corrected chi connectivity index (χ3v) is 5.81. The molecule has 2 rings (SSSR count). The molecule has 0 amide bonds. The van der Waals surface area contributed by atoms with E-state index in [1.54, 1.807) is 30.3 Å². The Balaban J connectivity index is 2.01. The van der Waals surface area contributed by atoms with Crippen molar-refractivity contribution in [1.82, 2.24) is 10.2 Å². The van der Waals surface area contributed by atoms with E-state index in [0.29, 0.717) is 20.7 Å². The normalized spacial score (nSPS) is 11.3. The largest absolute Gasteiger partial charge is 0.257 e. The first-order valence-electron chi connectivity index (χ1n) is 5.80. The number of benzene rings is 1. The van der Waals surface area contributed by atoms with Gasteiger partial charge >= 0.3 is 0 Å². The summed E-state index contributed by atoms with van der Waals surface area (Å²) in [6, 6.07) is 6.66. The number of rotatable bonds is 7. The van der Waals surface area contributed by atoms with Crippen LogP contribution in [0.3, 0.4) is 0 Å². The van der Waals surface area contributed by atoms with Gasteiger partial charge in [-0.3, -0.25) is 4.72 Å². The number of hydrogen-bond acceptors (Lipinski definition) is 6. The fraction of sp³-hybridized carbons (Fsp3) is 0.167. The molecule has 0 radical (unpaired) electrons. The molecule has 0 unspecified atom stereocenters. The Morgan fingerprint density at radius 3 is 2.71 bits per heavy atom. The standard InChI is InChI=1S/C12H12ClN3O2S3/c1-2-7-19-12-15-14-11(20-12)16-21(17,18)8-9-3-5-10(13)6-4-9/h2-6H,1,7-8H2,(H,14,16). The van der Waals surface area contributed by atoms with Crippen LogP contribution >= 0.6 is 34.7 Å². The van der Waals surface area contributed by atoms with Crippen molar-refractivity contribution in [3.8, 4) is 0 Å². The van der Waals surface area contributed by atoms with Crippen molar-refractivity contribution in [2.75, 3.05) is 10.5 Å². The highest BCUT2D eigenvalue weighted by atomic mass is 35.5. The lowest BCUT2D eigenvalue weighted by Crippen LogP contribution is -2.14. The summed E-state index contributed by atoms with van der Waals surface area (Å²) >= 11 is 8.41. The van der Waals surface area contributed by atoms with Gasteiger partial charge in [0.15, 0.2) is 4.34 Å². The van der Waals surface area contributed by atoms with Gasteiger partial charge < -0.3 is 0 Å². The molecular weight excluding hydrogens is 350 g/mol. The lowest BCUT2D eigenvalue weighted by molar-refractivity contribution is 0.600. The molecule has 112 valence electrons. The van der Waals surface area contributed by atoms with Gasteiger partial charge in [-0.2, -0.15) is 0 Å². The Bertz CT molecular complexity index is 714. The summed E-state index contributed by atoms with van der Waals surface area (Å²) in [5.74, 6) is 0.561.